The van der Waals surface area contributed by atoms with E-state index in [2.05, 4.69) is 6.07 Å². The minimum atomic E-state index is -0.371. The molecule has 1 saturated heterocycles. The lowest BCUT2D eigenvalue weighted by Gasteiger charge is -2.25. The Kier molecular flexibility index (Phi) is 8.62. The second-order valence-corrected chi connectivity index (χ2v) is 8.10. The van der Waals surface area contributed by atoms with Gasteiger partial charge in [-0.3, -0.25) is 0 Å². The molecule has 0 aliphatic carbocycles. The van der Waals surface area contributed by atoms with Crippen molar-refractivity contribution in [2.45, 2.75) is 50.7 Å². The van der Waals surface area contributed by atoms with Gasteiger partial charge in [0.2, 0.25) is 0 Å². The van der Waals surface area contributed by atoms with E-state index in [1.165, 1.54) is 0 Å². The lowest BCUT2D eigenvalue weighted by Crippen LogP contribution is -2.39. The molecule has 0 spiro atoms. The molecule has 1 fully saturated rings. The molecule has 3 aromatic rings. The molecule has 5 heteroatoms. The molecule has 3 aromatic carbocycles. The second kappa shape index (κ2) is 12.3. The van der Waals surface area contributed by atoms with Gasteiger partial charge in [-0.1, -0.05) is 91.0 Å². The highest BCUT2D eigenvalue weighted by Gasteiger charge is 2.46. The Morgan fingerprint density at radius 2 is 1.09 bits per heavy atom. The molecule has 1 aliphatic rings. The highest BCUT2D eigenvalue weighted by Crippen LogP contribution is 2.30. The van der Waals surface area contributed by atoms with Crippen LogP contribution in [-0.2, 0) is 38.8 Å². The van der Waals surface area contributed by atoms with Crippen LogP contribution in [0.4, 0.5) is 0 Å². The maximum atomic E-state index is 9.38. The van der Waals surface area contributed by atoms with Crippen LogP contribution in [-0.4, -0.2) is 31.0 Å². The predicted molar refractivity (Wildman–Crippen MR) is 125 cm³/mol. The lowest BCUT2D eigenvalue weighted by molar-refractivity contribution is -0.0898. The predicted octanol–water partition coefficient (Wildman–Crippen LogP) is 5.06. The Hall–Kier alpha value is -3.01. The molecule has 0 saturated carbocycles. The van der Waals surface area contributed by atoms with E-state index in [0.717, 1.165) is 16.7 Å². The largest absolute Gasteiger partial charge is 0.374 e. The van der Waals surface area contributed by atoms with Crippen molar-refractivity contribution >= 4 is 0 Å². The van der Waals surface area contributed by atoms with Crippen LogP contribution in [0.25, 0.3) is 0 Å². The molecule has 4 atom stereocenters. The summed E-state index contributed by atoms with van der Waals surface area (Å²) in [5.74, 6) is 0. The monoisotopic (exact) mass is 443 g/mol. The smallest absolute Gasteiger partial charge is 0.115 e. The van der Waals surface area contributed by atoms with Gasteiger partial charge in [-0.15, -0.1) is 0 Å². The van der Waals surface area contributed by atoms with Crippen LogP contribution in [0.1, 0.15) is 23.1 Å². The summed E-state index contributed by atoms with van der Waals surface area (Å²) < 4.78 is 24.9. The Morgan fingerprint density at radius 3 is 1.58 bits per heavy atom. The number of ether oxygens (including phenoxy) is 4. The van der Waals surface area contributed by atoms with Crippen molar-refractivity contribution in [3.8, 4) is 6.07 Å². The van der Waals surface area contributed by atoms with Gasteiger partial charge in [0.1, 0.15) is 18.3 Å². The summed E-state index contributed by atoms with van der Waals surface area (Å²) in [6, 6.07) is 32.3. The lowest BCUT2D eigenvalue weighted by atomic mass is 10.1. The van der Waals surface area contributed by atoms with Crippen molar-refractivity contribution in [2.24, 2.45) is 0 Å². The number of nitriles is 1. The Bertz CT molecular complexity index is 991. The molecule has 33 heavy (non-hydrogen) atoms. The molecule has 0 N–H and O–H groups in total. The van der Waals surface area contributed by atoms with Crippen LogP contribution >= 0.6 is 0 Å². The maximum absolute atomic E-state index is 9.38. The number of rotatable bonds is 11. The highest BCUT2D eigenvalue weighted by atomic mass is 16.6. The van der Waals surface area contributed by atoms with E-state index in [1.807, 2.05) is 91.0 Å². The van der Waals surface area contributed by atoms with Gasteiger partial charge in [0.25, 0.3) is 0 Å². The van der Waals surface area contributed by atoms with Gasteiger partial charge in [0.05, 0.1) is 45.0 Å². The van der Waals surface area contributed by atoms with Gasteiger partial charge in [-0.2, -0.15) is 5.26 Å². The molecule has 0 radical (unpaired) electrons. The van der Waals surface area contributed by atoms with Crippen LogP contribution in [0, 0.1) is 11.3 Å². The first kappa shape index (κ1) is 23.2. The number of benzene rings is 3. The highest BCUT2D eigenvalue weighted by molar-refractivity contribution is 5.15. The van der Waals surface area contributed by atoms with Crippen molar-refractivity contribution in [1.29, 1.82) is 5.26 Å². The fraction of sp³-hybridized carbons (Fsp3) is 0.321. The molecule has 0 bridgehead atoms. The standard InChI is InChI=1S/C28H29NO4/c29-17-16-25-27(31-19-23-12-6-2-7-13-23)28(32-20-24-14-8-3-9-15-24)26(33-25)21-30-18-22-10-4-1-5-11-22/h1-15,25-28H,16,18-21H2/t25?,26-,27?,28?/m1/s1. The molecule has 5 nitrogen and oxygen atoms in total. The first-order chi connectivity index (χ1) is 16.3. The van der Waals surface area contributed by atoms with Crippen molar-refractivity contribution < 1.29 is 18.9 Å². The van der Waals surface area contributed by atoms with Crippen LogP contribution in [0.2, 0.25) is 0 Å². The van der Waals surface area contributed by atoms with E-state index >= 15 is 0 Å². The number of hydrogen-bond donors (Lipinski definition) is 0. The molecule has 3 unspecified atom stereocenters. The third kappa shape index (κ3) is 6.74. The summed E-state index contributed by atoms with van der Waals surface area (Å²) in [6.07, 6.45) is -1.16. The van der Waals surface area contributed by atoms with E-state index < -0.39 is 0 Å². The molecule has 0 aromatic heterocycles. The van der Waals surface area contributed by atoms with Crippen molar-refractivity contribution in [3.05, 3.63) is 108 Å². The van der Waals surface area contributed by atoms with Crippen LogP contribution in [0.5, 0.6) is 0 Å². The summed E-state index contributed by atoms with van der Waals surface area (Å²) in [5.41, 5.74) is 3.24. The third-order valence-corrected chi connectivity index (χ3v) is 5.66. The zero-order valence-corrected chi connectivity index (χ0v) is 18.6. The molecule has 170 valence electrons. The molecule has 1 aliphatic heterocycles. The van der Waals surface area contributed by atoms with Crippen molar-refractivity contribution in [2.75, 3.05) is 6.61 Å². The van der Waals surface area contributed by atoms with Crippen LogP contribution < -0.4 is 0 Å². The minimum Gasteiger partial charge on any atom is -0.374 e. The van der Waals surface area contributed by atoms with Crippen LogP contribution in [0.3, 0.4) is 0 Å². The minimum absolute atomic E-state index is 0.236. The average Bonchev–Trinajstić information content (AvgIpc) is 3.19. The summed E-state index contributed by atoms with van der Waals surface area (Å²) in [5, 5.41) is 9.38. The average molecular weight is 444 g/mol. The van der Waals surface area contributed by atoms with E-state index in [0.29, 0.717) is 26.4 Å². The molecular weight excluding hydrogens is 414 g/mol. The topological polar surface area (TPSA) is 60.7 Å². The molecule has 4 rings (SSSR count). The van der Waals surface area contributed by atoms with E-state index in [4.69, 9.17) is 18.9 Å². The van der Waals surface area contributed by atoms with E-state index in [9.17, 15) is 5.26 Å². The maximum Gasteiger partial charge on any atom is 0.115 e. The zero-order chi connectivity index (χ0) is 22.7. The van der Waals surface area contributed by atoms with Gasteiger partial charge >= 0.3 is 0 Å². The van der Waals surface area contributed by atoms with Gasteiger partial charge in [0.15, 0.2) is 0 Å². The Labute approximate surface area is 195 Å². The summed E-state index contributed by atoms with van der Waals surface area (Å²) in [7, 11) is 0. The summed E-state index contributed by atoms with van der Waals surface area (Å²) in [6.45, 7) is 1.72. The quantitative estimate of drug-likeness (QED) is 0.415. The van der Waals surface area contributed by atoms with Crippen molar-refractivity contribution in [3.63, 3.8) is 0 Å². The molecule has 0 amide bonds. The Balaban J connectivity index is 1.45. The Morgan fingerprint density at radius 1 is 0.636 bits per heavy atom. The van der Waals surface area contributed by atoms with Gasteiger partial charge in [0, 0.05) is 0 Å². The van der Waals surface area contributed by atoms with Crippen LogP contribution in [0.15, 0.2) is 91.0 Å². The summed E-state index contributed by atoms with van der Waals surface area (Å²) in [4.78, 5) is 0. The first-order valence-electron chi connectivity index (χ1n) is 11.3. The third-order valence-electron chi connectivity index (χ3n) is 5.66. The SMILES string of the molecule is N#CCC1O[C@H](COCc2ccccc2)C(OCc2ccccc2)C1OCc1ccccc1. The van der Waals surface area contributed by atoms with Gasteiger partial charge < -0.3 is 18.9 Å². The number of nitrogens with zero attached hydrogens (tertiary/aromatic N) is 1. The first-order valence-corrected chi connectivity index (χ1v) is 11.3. The fourth-order valence-corrected chi connectivity index (χ4v) is 4.00. The molecular formula is C28H29NO4. The molecule has 1 heterocycles. The normalized spacial score (nSPS) is 22.2. The second-order valence-electron chi connectivity index (χ2n) is 8.10. The van der Waals surface area contributed by atoms with Gasteiger partial charge in [-0.05, 0) is 16.7 Å². The van der Waals surface area contributed by atoms with Gasteiger partial charge in [-0.25, -0.2) is 0 Å². The number of hydrogen-bond acceptors (Lipinski definition) is 5. The summed E-state index contributed by atoms with van der Waals surface area (Å²) >= 11 is 0. The zero-order valence-electron chi connectivity index (χ0n) is 18.6. The fourth-order valence-electron chi connectivity index (χ4n) is 4.00. The van der Waals surface area contributed by atoms with E-state index in [1.54, 1.807) is 0 Å². The van der Waals surface area contributed by atoms with E-state index in [-0.39, 0.29) is 30.8 Å². The van der Waals surface area contributed by atoms with Crippen molar-refractivity contribution in [1.82, 2.24) is 0 Å².